The van der Waals surface area contributed by atoms with Crippen molar-refractivity contribution in [1.29, 1.82) is 0 Å². The second-order valence-corrected chi connectivity index (χ2v) is 5.64. The van der Waals surface area contributed by atoms with E-state index in [9.17, 15) is 4.79 Å². The van der Waals surface area contributed by atoms with E-state index >= 15 is 0 Å². The first kappa shape index (κ1) is 13.9. The molecular formula is C17H21N3O. The van der Waals surface area contributed by atoms with Crippen molar-refractivity contribution in [2.24, 2.45) is 7.05 Å². The van der Waals surface area contributed by atoms with E-state index in [2.05, 4.69) is 28.7 Å². The number of carbonyl (C=O) groups excluding carboxylic acids is 1. The molecule has 4 heteroatoms. The number of aromatic nitrogens is 2. The van der Waals surface area contributed by atoms with Crippen LogP contribution in [0.5, 0.6) is 0 Å². The van der Waals surface area contributed by atoms with E-state index in [1.54, 1.807) is 6.08 Å². The molecule has 2 aromatic heterocycles. The number of piperidine rings is 1. The highest BCUT2D eigenvalue weighted by Gasteiger charge is 2.25. The quantitative estimate of drug-likeness (QED) is 0.795. The number of aryl methyl sites for hydroxylation is 1. The Bertz CT molecular complexity index is 678. The summed E-state index contributed by atoms with van der Waals surface area (Å²) in [6.07, 6.45) is 7.34. The van der Waals surface area contributed by atoms with E-state index in [0.29, 0.717) is 5.92 Å². The molecule has 1 aliphatic rings. The minimum Gasteiger partial charge on any atom is -0.339 e. The molecule has 0 unspecified atom stereocenters. The Hall–Kier alpha value is -2.10. The summed E-state index contributed by atoms with van der Waals surface area (Å²) in [7, 11) is 2.09. The van der Waals surface area contributed by atoms with E-state index in [0.717, 1.165) is 31.6 Å². The number of rotatable bonds is 2. The molecule has 0 spiro atoms. The standard InChI is InChI=1S/C17H21N3O/c1-3-5-16(21)20-10-7-13(8-11-20)15-12-14-6-4-9-18-17(14)19(15)2/h3-6,9,12-13H,7-8,10-11H2,1-2H3. The molecule has 0 radical (unpaired) electrons. The molecule has 0 aliphatic carbocycles. The zero-order chi connectivity index (χ0) is 14.8. The molecule has 3 heterocycles. The van der Waals surface area contributed by atoms with Gasteiger partial charge in [-0.1, -0.05) is 6.08 Å². The monoisotopic (exact) mass is 283 g/mol. The molecule has 0 saturated carbocycles. The maximum atomic E-state index is 11.9. The van der Waals surface area contributed by atoms with Crippen molar-refractivity contribution in [1.82, 2.24) is 14.5 Å². The van der Waals surface area contributed by atoms with E-state index in [1.165, 1.54) is 11.1 Å². The highest BCUT2D eigenvalue weighted by atomic mass is 16.2. The Balaban J connectivity index is 1.77. The lowest BCUT2D eigenvalue weighted by Crippen LogP contribution is -2.37. The lowest BCUT2D eigenvalue weighted by atomic mass is 9.93. The fourth-order valence-electron chi connectivity index (χ4n) is 3.22. The van der Waals surface area contributed by atoms with E-state index < -0.39 is 0 Å². The first-order valence-corrected chi connectivity index (χ1v) is 7.52. The minimum atomic E-state index is 0.134. The Labute approximate surface area is 125 Å². The van der Waals surface area contributed by atoms with Crippen LogP contribution in [0.2, 0.25) is 0 Å². The molecular weight excluding hydrogens is 262 g/mol. The fraction of sp³-hybridized carbons (Fsp3) is 0.412. The zero-order valence-corrected chi connectivity index (χ0v) is 12.6. The van der Waals surface area contributed by atoms with Gasteiger partial charge in [0.05, 0.1) is 0 Å². The number of carbonyl (C=O) groups is 1. The van der Waals surface area contributed by atoms with Crippen LogP contribution in [0.3, 0.4) is 0 Å². The van der Waals surface area contributed by atoms with Gasteiger partial charge in [0.15, 0.2) is 0 Å². The van der Waals surface area contributed by atoms with Crippen LogP contribution in [0.25, 0.3) is 11.0 Å². The number of fused-ring (bicyclic) bond motifs is 1. The third kappa shape index (κ3) is 2.58. The summed E-state index contributed by atoms with van der Waals surface area (Å²) in [5.41, 5.74) is 2.38. The first-order chi connectivity index (χ1) is 10.2. The molecule has 110 valence electrons. The number of allylic oxidation sites excluding steroid dienone is 1. The zero-order valence-electron chi connectivity index (χ0n) is 12.6. The summed E-state index contributed by atoms with van der Waals surface area (Å²) in [5.74, 6) is 0.647. The summed E-state index contributed by atoms with van der Waals surface area (Å²) in [6.45, 7) is 3.55. The number of nitrogens with zero attached hydrogens (tertiary/aromatic N) is 3. The average Bonchev–Trinajstić information content (AvgIpc) is 2.85. The lowest BCUT2D eigenvalue weighted by Gasteiger charge is -2.31. The summed E-state index contributed by atoms with van der Waals surface area (Å²) in [4.78, 5) is 18.3. The molecule has 1 aliphatic heterocycles. The SMILES string of the molecule is CC=CC(=O)N1CCC(c2cc3cccnc3n2C)CC1. The van der Waals surface area contributed by atoms with Gasteiger partial charge in [0, 0.05) is 43.3 Å². The maximum absolute atomic E-state index is 11.9. The maximum Gasteiger partial charge on any atom is 0.246 e. The van der Waals surface area contributed by atoms with Gasteiger partial charge in [0.1, 0.15) is 5.65 Å². The van der Waals surface area contributed by atoms with Crippen LogP contribution < -0.4 is 0 Å². The van der Waals surface area contributed by atoms with Crippen LogP contribution in [0, 0.1) is 0 Å². The van der Waals surface area contributed by atoms with Crippen LogP contribution in [-0.4, -0.2) is 33.4 Å². The van der Waals surface area contributed by atoms with Gasteiger partial charge in [-0.2, -0.15) is 0 Å². The Morgan fingerprint density at radius 1 is 1.38 bits per heavy atom. The molecule has 0 aromatic carbocycles. The smallest absolute Gasteiger partial charge is 0.246 e. The van der Waals surface area contributed by atoms with Gasteiger partial charge < -0.3 is 9.47 Å². The number of hydrogen-bond acceptors (Lipinski definition) is 2. The van der Waals surface area contributed by atoms with Crippen LogP contribution in [0.4, 0.5) is 0 Å². The first-order valence-electron chi connectivity index (χ1n) is 7.52. The average molecular weight is 283 g/mol. The molecule has 0 N–H and O–H groups in total. The Morgan fingerprint density at radius 2 is 2.14 bits per heavy atom. The van der Waals surface area contributed by atoms with Gasteiger partial charge in [0.25, 0.3) is 0 Å². The molecule has 0 atom stereocenters. The van der Waals surface area contributed by atoms with E-state index in [-0.39, 0.29) is 5.91 Å². The molecule has 4 nitrogen and oxygen atoms in total. The summed E-state index contributed by atoms with van der Waals surface area (Å²) in [6, 6.07) is 6.33. The normalized spacial score (nSPS) is 17.0. The van der Waals surface area contributed by atoms with Crippen LogP contribution in [0.1, 0.15) is 31.4 Å². The van der Waals surface area contributed by atoms with E-state index in [4.69, 9.17) is 0 Å². The number of amides is 1. The van der Waals surface area contributed by atoms with Crippen LogP contribution in [0.15, 0.2) is 36.5 Å². The summed E-state index contributed by atoms with van der Waals surface area (Å²) < 4.78 is 2.20. The predicted molar refractivity (Wildman–Crippen MR) is 84.1 cm³/mol. The summed E-state index contributed by atoms with van der Waals surface area (Å²) in [5, 5.41) is 1.20. The van der Waals surface area contributed by atoms with E-state index in [1.807, 2.05) is 30.2 Å². The minimum absolute atomic E-state index is 0.134. The van der Waals surface area contributed by atoms with Gasteiger partial charge in [-0.05, 0) is 44.0 Å². The van der Waals surface area contributed by atoms with Gasteiger partial charge in [-0.3, -0.25) is 4.79 Å². The molecule has 1 fully saturated rings. The van der Waals surface area contributed by atoms with Gasteiger partial charge >= 0.3 is 0 Å². The second-order valence-electron chi connectivity index (χ2n) is 5.64. The summed E-state index contributed by atoms with van der Waals surface area (Å²) >= 11 is 0. The van der Waals surface area contributed by atoms with Crippen molar-refractivity contribution < 1.29 is 4.79 Å². The lowest BCUT2D eigenvalue weighted by molar-refractivity contribution is -0.127. The van der Waals surface area contributed by atoms with Crippen molar-refractivity contribution in [3.8, 4) is 0 Å². The van der Waals surface area contributed by atoms with Crippen molar-refractivity contribution in [2.45, 2.75) is 25.7 Å². The predicted octanol–water partition coefficient (Wildman–Crippen LogP) is 2.86. The topological polar surface area (TPSA) is 38.1 Å². The highest BCUT2D eigenvalue weighted by Crippen LogP contribution is 2.31. The van der Waals surface area contributed by atoms with Gasteiger partial charge in [-0.15, -0.1) is 0 Å². The Morgan fingerprint density at radius 3 is 2.81 bits per heavy atom. The number of likely N-dealkylation sites (tertiary alicyclic amines) is 1. The Kier molecular flexibility index (Phi) is 3.78. The van der Waals surface area contributed by atoms with Crippen LogP contribution >= 0.6 is 0 Å². The fourth-order valence-corrected chi connectivity index (χ4v) is 3.22. The molecule has 3 rings (SSSR count). The van der Waals surface area contributed by atoms with Gasteiger partial charge in [0.2, 0.25) is 5.91 Å². The number of hydrogen-bond donors (Lipinski definition) is 0. The van der Waals surface area contributed by atoms with Crippen LogP contribution in [-0.2, 0) is 11.8 Å². The van der Waals surface area contributed by atoms with Crippen molar-refractivity contribution in [3.05, 3.63) is 42.2 Å². The largest absolute Gasteiger partial charge is 0.339 e. The van der Waals surface area contributed by atoms with Crippen molar-refractivity contribution in [2.75, 3.05) is 13.1 Å². The third-order valence-corrected chi connectivity index (χ3v) is 4.36. The van der Waals surface area contributed by atoms with Crippen molar-refractivity contribution in [3.63, 3.8) is 0 Å². The third-order valence-electron chi connectivity index (χ3n) is 4.36. The van der Waals surface area contributed by atoms with Gasteiger partial charge in [-0.25, -0.2) is 4.98 Å². The molecule has 21 heavy (non-hydrogen) atoms. The van der Waals surface area contributed by atoms with Crippen molar-refractivity contribution >= 4 is 16.9 Å². The molecule has 1 amide bonds. The number of pyridine rings is 1. The molecule has 2 aromatic rings. The second kappa shape index (κ2) is 5.72. The highest BCUT2D eigenvalue weighted by molar-refractivity contribution is 5.87. The molecule has 0 bridgehead atoms. The molecule has 1 saturated heterocycles.